The first kappa shape index (κ1) is 16.6. The van der Waals surface area contributed by atoms with E-state index in [0.717, 1.165) is 36.8 Å². The van der Waals surface area contributed by atoms with Crippen LogP contribution in [0.15, 0.2) is 52.4 Å². The molecule has 0 saturated carbocycles. The predicted octanol–water partition coefficient (Wildman–Crippen LogP) is 4.33. The average Bonchev–Trinajstić information content (AvgIpc) is 2.61. The van der Waals surface area contributed by atoms with E-state index in [1.165, 1.54) is 19.6 Å². The molecule has 0 bridgehead atoms. The summed E-state index contributed by atoms with van der Waals surface area (Å²) >= 11 is 4.17. The minimum atomic E-state index is 0.879. The van der Waals surface area contributed by atoms with Crippen LogP contribution in [0.5, 0.6) is 5.75 Å². The van der Waals surface area contributed by atoms with Crippen molar-refractivity contribution in [2.75, 3.05) is 20.2 Å². The van der Waals surface area contributed by atoms with Crippen LogP contribution in [0, 0.1) is 3.57 Å². The van der Waals surface area contributed by atoms with Crippen LogP contribution in [-0.2, 0) is 5.75 Å². The first-order valence-electron chi connectivity index (χ1n) is 7.61. The smallest absolute Gasteiger partial charge is 0.129 e. The molecule has 0 unspecified atom stereocenters. The van der Waals surface area contributed by atoms with Gasteiger partial charge < -0.3 is 10.1 Å². The van der Waals surface area contributed by atoms with Crippen molar-refractivity contribution in [3.63, 3.8) is 0 Å². The van der Waals surface area contributed by atoms with Gasteiger partial charge in [-0.05, 0) is 53.3 Å². The van der Waals surface area contributed by atoms with Crippen molar-refractivity contribution in [1.29, 1.82) is 0 Å². The van der Waals surface area contributed by atoms with Crippen LogP contribution < -0.4 is 10.1 Å². The van der Waals surface area contributed by atoms with Gasteiger partial charge >= 0.3 is 0 Å². The molecule has 3 rings (SSSR count). The van der Waals surface area contributed by atoms with Crippen molar-refractivity contribution in [2.24, 2.45) is 4.99 Å². The second-order valence-corrected chi connectivity index (χ2v) is 7.51. The normalized spacial score (nSPS) is 14.1. The number of methoxy groups -OCH3 is 1. The number of nitrogens with one attached hydrogen (secondary N) is 1. The van der Waals surface area contributed by atoms with Crippen LogP contribution >= 0.6 is 34.4 Å². The molecular formula is C18H19IN2OS. The monoisotopic (exact) mass is 438 g/mol. The Hall–Kier alpha value is -1.21. The van der Waals surface area contributed by atoms with Crippen molar-refractivity contribution in [3.8, 4) is 5.75 Å². The third kappa shape index (κ3) is 4.20. The Morgan fingerprint density at radius 1 is 1.26 bits per heavy atom. The summed E-state index contributed by atoms with van der Waals surface area (Å²) in [6, 6.07) is 14.8. The highest BCUT2D eigenvalue weighted by atomic mass is 127. The molecule has 1 heterocycles. The molecule has 2 aromatic rings. The van der Waals surface area contributed by atoms with Crippen LogP contribution in [0.3, 0.4) is 0 Å². The van der Waals surface area contributed by atoms with Crippen LogP contribution in [0.25, 0.3) is 0 Å². The summed E-state index contributed by atoms with van der Waals surface area (Å²) in [4.78, 5) is 5.88. The maximum Gasteiger partial charge on any atom is 0.129 e. The molecule has 0 fully saturated rings. The van der Waals surface area contributed by atoms with E-state index in [1.54, 1.807) is 7.11 Å². The number of benzene rings is 2. The van der Waals surface area contributed by atoms with E-state index in [1.807, 2.05) is 17.8 Å². The largest absolute Gasteiger partial charge is 0.496 e. The molecule has 0 atom stereocenters. The molecule has 1 N–H and O–H groups in total. The second-order valence-electron chi connectivity index (χ2n) is 5.25. The van der Waals surface area contributed by atoms with Gasteiger partial charge in [0, 0.05) is 38.4 Å². The summed E-state index contributed by atoms with van der Waals surface area (Å²) in [7, 11) is 1.73. The Kier molecular flexibility index (Phi) is 5.83. The third-order valence-corrected chi connectivity index (χ3v) is 5.46. The molecule has 23 heavy (non-hydrogen) atoms. The number of amidine groups is 1. The Balaban J connectivity index is 1.81. The highest BCUT2D eigenvalue weighted by molar-refractivity contribution is 14.1. The SMILES string of the molecule is COc1ccc(I)cc1CSc1ccccc1C1=NCCCN1. The lowest BCUT2D eigenvalue weighted by Crippen LogP contribution is -2.30. The number of hydrogen-bond donors (Lipinski definition) is 1. The topological polar surface area (TPSA) is 33.6 Å². The van der Waals surface area contributed by atoms with Crippen molar-refractivity contribution in [1.82, 2.24) is 5.32 Å². The van der Waals surface area contributed by atoms with Gasteiger partial charge in [0.15, 0.2) is 0 Å². The Bertz CT molecular complexity index is 718. The Labute approximate surface area is 155 Å². The number of aliphatic imine (C=N–C) groups is 1. The molecule has 1 aliphatic heterocycles. The second kappa shape index (κ2) is 8.06. The van der Waals surface area contributed by atoms with Crippen molar-refractivity contribution >= 4 is 40.2 Å². The first-order chi connectivity index (χ1) is 11.3. The lowest BCUT2D eigenvalue weighted by atomic mass is 10.2. The highest BCUT2D eigenvalue weighted by Gasteiger charge is 2.12. The van der Waals surface area contributed by atoms with E-state index in [9.17, 15) is 0 Å². The average molecular weight is 438 g/mol. The number of halogens is 1. The third-order valence-electron chi connectivity index (χ3n) is 3.67. The van der Waals surface area contributed by atoms with Gasteiger partial charge in [0.05, 0.1) is 7.11 Å². The van der Waals surface area contributed by atoms with Gasteiger partial charge in [-0.3, -0.25) is 4.99 Å². The fourth-order valence-electron chi connectivity index (χ4n) is 2.52. The zero-order chi connectivity index (χ0) is 16.1. The highest BCUT2D eigenvalue weighted by Crippen LogP contribution is 2.31. The van der Waals surface area contributed by atoms with E-state index < -0.39 is 0 Å². The van der Waals surface area contributed by atoms with Gasteiger partial charge in [-0.15, -0.1) is 11.8 Å². The number of ether oxygens (including phenoxy) is 1. The Morgan fingerprint density at radius 3 is 2.91 bits per heavy atom. The molecule has 3 nitrogen and oxygen atoms in total. The van der Waals surface area contributed by atoms with Crippen LogP contribution in [-0.4, -0.2) is 26.0 Å². The zero-order valence-electron chi connectivity index (χ0n) is 13.0. The lowest BCUT2D eigenvalue weighted by molar-refractivity contribution is 0.411. The minimum Gasteiger partial charge on any atom is -0.496 e. The molecule has 120 valence electrons. The summed E-state index contributed by atoms with van der Waals surface area (Å²) in [5.74, 6) is 2.85. The fourth-order valence-corrected chi connectivity index (χ4v) is 4.10. The molecule has 0 saturated heterocycles. The number of hydrogen-bond acceptors (Lipinski definition) is 4. The standard InChI is InChI=1S/C18H19IN2OS/c1-22-16-8-7-14(19)11-13(16)12-23-17-6-3-2-5-15(17)18-20-9-4-10-21-18/h2-3,5-8,11H,4,9-10,12H2,1H3,(H,20,21). The molecule has 2 aromatic carbocycles. The first-order valence-corrected chi connectivity index (χ1v) is 9.67. The number of rotatable bonds is 5. The van der Waals surface area contributed by atoms with Crippen molar-refractivity contribution < 1.29 is 4.74 Å². The lowest BCUT2D eigenvalue weighted by Gasteiger charge is -2.17. The molecular weight excluding hydrogens is 419 g/mol. The molecule has 0 amide bonds. The fraction of sp³-hybridized carbons (Fsp3) is 0.278. The molecule has 0 aliphatic carbocycles. The Morgan fingerprint density at radius 2 is 2.13 bits per heavy atom. The van der Waals surface area contributed by atoms with E-state index in [2.05, 4.69) is 69.3 Å². The van der Waals surface area contributed by atoms with E-state index in [0.29, 0.717) is 0 Å². The van der Waals surface area contributed by atoms with Gasteiger partial charge in [-0.2, -0.15) is 0 Å². The van der Waals surface area contributed by atoms with Crippen LogP contribution in [0.2, 0.25) is 0 Å². The molecule has 5 heteroatoms. The molecule has 0 radical (unpaired) electrons. The van der Waals surface area contributed by atoms with Gasteiger partial charge in [0.25, 0.3) is 0 Å². The van der Waals surface area contributed by atoms with E-state index >= 15 is 0 Å². The summed E-state index contributed by atoms with van der Waals surface area (Å²) < 4.78 is 6.71. The molecule has 0 spiro atoms. The number of thioether (sulfide) groups is 1. The predicted molar refractivity (Wildman–Crippen MR) is 106 cm³/mol. The summed E-state index contributed by atoms with van der Waals surface area (Å²) in [6.45, 7) is 1.91. The minimum absolute atomic E-state index is 0.879. The van der Waals surface area contributed by atoms with Gasteiger partial charge in [0.1, 0.15) is 11.6 Å². The van der Waals surface area contributed by atoms with Gasteiger partial charge in [0.2, 0.25) is 0 Å². The maximum absolute atomic E-state index is 5.48. The van der Waals surface area contributed by atoms with Crippen LogP contribution in [0.4, 0.5) is 0 Å². The van der Waals surface area contributed by atoms with Crippen molar-refractivity contribution in [2.45, 2.75) is 17.1 Å². The van der Waals surface area contributed by atoms with E-state index in [4.69, 9.17) is 4.74 Å². The molecule has 1 aliphatic rings. The van der Waals surface area contributed by atoms with Crippen LogP contribution in [0.1, 0.15) is 17.5 Å². The van der Waals surface area contributed by atoms with Crippen molar-refractivity contribution in [3.05, 3.63) is 57.2 Å². The summed E-state index contributed by atoms with van der Waals surface area (Å²) in [6.07, 6.45) is 1.11. The quantitative estimate of drug-likeness (QED) is 0.558. The summed E-state index contributed by atoms with van der Waals surface area (Å²) in [5, 5.41) is 3.42. The molecule has 0 aromatic heterocycles. The maximum atomic E-state index is 5.48. The summed E-state index contributed by atoms with van der Waals surface area (Å²) in [5.41, 5.74) is 2.42. The van der Waals surface area contributed by atoms with Gasteiger partial charge in [-0.1, -0.05) is 18.2 Å². The van der Waals surface area contributed by atoms with Gasteiger partial charge in [-0.25, -0.2) is 0 Å². The number of nitrogens with zero attached hydrogens (tertiary/aromatic N) is 1. The van der Waals surface area contributed by atoms with E-state index in [-0.39, 0.29) is 0 Å². The zero-order valence-corrected chi connectivity index (χ0v) is 16.0.